The molecule has 0 rings (SSSR count). The van der Waals surface area contributed by atoms with Crippen LogP contribution in [0, 0.1) is 5.92 Å². The first kappa shape index (κ1) is 50.7. The van der Waals surface area contributed by atoms with Crippen molar-refractivity contribution in [2.75, 3.05) is 13.2 Å². The zero-order valence-electron chi connectivity index (χ0n) is 33.4. The second kappa shape index (κ2) is 36.7. The third-order valence-electron chi connectivity index (χ3n) is 8.58. The van der Waals surface area contributed by atoms with Crippen LogP contribution in [0.25, 0.3) is 0 Å². The van der Waals surface area contributed by atoms with Gasteiger partial charge in [-0.15, -0.1) is 0 Å². The summed E-state index contributed by atoms with van der Waals surface area (Å²) in [7, 11) is -4.80. The molecule has 0 saturated carbocycles. The van der Waals surface area contributed by atoms with Gasteiger partial charge in [-0.05, 0) is 50.9 Å². The number of aliphatic hydroxyl groups is 1. The Labute approximate surface area is 322 Å². The summed E-state index contributed by atoms with van der Waals surface area (Å²) in [5.74, 6) is -0.269. The summed E-state index contributed by atoms with van der Waals surface area (Å²) in [4.78, 5) is 42.8. The zero-order valence-corrected chi connectivity index (χ0v) is 34.3. The van der Waals surface area contributed by atoms with Crippen molar-refractivity contribution in [3.8, 4) is 0 Å². The van der Waals surface area contributed by atoms with E-state index in [1.54, 1.807) is 12.2 Å². The molecular formula is C43H75O9P. The van der Waals surface area contributed by atoms with Crippen molar-refractivity contribution >= 4 is 19.8 Å². The lowest BCUT2D eigenvalue weighted by Gasteiger charge is -2.18. The summed E-state index contributed by atoms with van der Waals surface area (Å²) < 4.78 is 26.3. The Morgan fingerprint density at radius 3 is 1.62 bits per heavy atom. The van der Waals surface area contributed by atoms with Crippen LogP contribution in [0.3, 0.4) is 0 Å². The molecule has 0 aliphatic carbocycles. The Morgan fingerprint density at radius 1 is 0.604 bits per heavy atom. The fourth-order valence-corrected chi connectivity index (χ4v) is 5.89. The van der Waals surface area contributed by atoms with Gasteiger partial charge in [-0.25, -0.2) is 4.57 Å². The average molecular weight is 767 g/mol. The molecule has 0 aromatic carbocycles. The van der Waals surface area contributed by atoms with Crippen LogP contribution in [-0.4, -0.2) is 52.3 Å². The summed E-state index contributed by atoms with van der Waals surface area (Å²) in [5.41, 5.74) is 0. The van der Waals surface area contributed by atoms with Gasteiger partial charge < -0.3 is 24.4 Å². The minimum Gasteiger partial charge on any atom is -0.462 e. The third kappa shape index (κ3) is 40.7. The van der Waals surface area contributed by atoms with Gasteiger partial charge in [-0.3, -0.25) is 14.1 Å². The number of aliphatic hydroxyl groups excluding tert-OH is 1. The van der Waals surface area contributed by atoms with Crippen molar-refractivity contribution in [1.82, 2.24) is 0 Å². The van der Waals surface area contributed by atoms with Crippen molar-refractivity contribution in [1.29, 1.82) is 0 Å². The van der Waals surface area contributed by atoms with Crippen LogP contribution in [0.15, 0.2) is 60.8 Å². The van der Waals surface area contributed by atoms with E-state index in [-0.39, 0.29) is 19.4 Å². The Kier molecular flexibility index (Phi) is 35.1. The number of carbonyl (C=O) groups is 2. The SMILES string of the molecule is CC/C=C\C/C=C\C/C=C\C/C=C\C=C\C(O)CCCC(=O)OC[C@H](COP(=O)(O)O)OC(=O)CCCCCCCCCCCCCCCCC(C)C. The third-order valence-corrected chi connectivity index (χ3v) is 9.07. The maximum absolute atomic E-state index is 12.4. The number of rotatable bonds is 36. The second-order valence-corrected chi connectivity index (χ2v) is 15.5. The lowest BCUT2D eigenvalue weighted by molar-refractivity contribution is -0.161. The van der Waals surface area contributed by atoms with Gasteiger partial charge in [-0.2, -0.15) is 0 Å². The van der Waals surface area contributed by atoms with E-state index in [1.807, 2.05) is 12.2 Å². The Bertz CT molecular complexity index is 1070. The number of hydrogen-bond donors (Lipinski definition) is 3. The molecule has 0 bridgehead atoms. The molecule has 0 aromatic heterocycles. The van der Waals surface area contributed by atoms with E-state index in [2.05, 4.69) is 61.8 Å². The van der Waals surface area contributed by atoms with Gasteiger partial charge in [0.25, 0.3) is 0 Å². The number of phosphoric acid groups is 1. The number of allylic oxidation sites excluding steroid dienone is 9. The number of phosphoric ester groups is 1. The topological polar surface area (TPSA) is 140 Å². The first-order chi connectivity index (χ1) is 25.5. The van der Waals surface area contributed by atoms with Gasteiger partial charge in [-0.1, -0.05) is 171 Å². The Balaban J connectivity index is 4.11. The molecule has 0 aliphatic heterocycles. The zero-order chi connectivity index (χ0) is 39.3. The Hall–Kier alpha value is -2.29. The van der Waals surface area contributed by atoms with E-state index in [1.165, 1.54) is 70.6 Å². The largest absolute Gasteiger partial charge is 0.469 e. The van der Waals surface area contributed by atoms with E-state index >= 15 is 0 Å². The number of ether oxygens (including phenoxy) is 2. The number of unbranched alkanes of at least 4 members (excludes halogenated alkanes) is 13. The summed E-state index contributed by atoms with van der Waals surface area (Å²) in [6.07, 6.45) is 41.2. The molecular weight excluding hydrogens is 691 g/mol. The first-order valence-electron chi connectivity index (χ1n) is 20.5. The molecule has 0 heterocycles. The van der Waals surface area contributed by atoms with Gasteiger partial charge in [0.05, 0.1) is 12.7 Å². The molecule has 53 heavy (non-hydrogen) atoms. The van der Waals surface area contributed by atoms with Crippen LogP contribution >= 0.6 is 7.82 Å². The minimum atomic E-state index is -4.80. The molecule has 0 saturated heterocycles. The molecule has 0 spiro atoms. The Morgan fingerprint density at radius 2 is 1.09 bits per heavy atom. The number of hydrogen-bond acceptors (Lipinski definition) is 7. The van der Waals surface area contributed by atoms with Crippen molar-refractivity contribution in [2.45, 2.75) is 181 Å². The molecule has 0 amide bonds. The highest BCUT2D eigenvalue weighted by Gasteiger charge is 2.23. The van der Waals surface area contributed by atoms with Crippen LogP contribution in [-0.2, 0) is 28.2 Å². The standard InChI is InChI=1S/C43H75O9P/c1-4-5-6-7-8-9-10-13-17-20-23-26-29-33-40(44)34-31-36-42(45)50-37-41(38-51-53(47,48)49)52-43(46)35-30-27-24-21-18-15-12-11-14-16-19-22-25-28-32-39(2)3/h5-6,8-9,13,17,23,26,29,33,39-41,44H,4,7,10-12,14-16,18-22,24-25,27-28,30-32,34-38H2,1-3H3,(H2,47,48,49)/b6-5-,9-8-,17-13-,26-23-,33-29+/t40?,41-/m1/s1. The van der Waals surface area contributed by atoms with Crippen molar-refractivity contribution in [3.63, 3.8) is 0 Å². The minimum absolute atomic E-state index is 0.0353. The molecule has 9 nitrogen and oxygen atoms in total. The van der Waals surface area contributed by atoms with E-state index in [0.717, 1.165) is 50.9 Å². The van der Waals surface area contributed by atoms with Crippen LogP contribution in [0.4, 0.5) is 0 Å². The van der Waals surface area contributed by atoms with E-state index in [9.17, 15) is 19.3 Å². The van der Waals surface area contributed by atoms with E-state index in [0.29, 0.717) is 19.3 Å². The van der Waals surface area contributed by atoms with E-state index in [4.69, 9.17) is 19.3 Å². The summed E-state index contributed by atoms with van der Waals surface area (Å²) in [6.45, 7) is 5.73. The van der Waals surface area contributed by atoms with Gasteiger partial charge in [0.15, 0.2) is 6.10 Å². The maximum atomic E-state index is 12.4. The van der Waals surface area contributed by atoms with Gasteiger partial charge in [0.1, 0.15) is 6.61 Å². The molecule has 0 fully saturated rings. The smallest absolute Gasteiger partial charge is 0.462 e. The van der Waals surface area contributed by atoms with Crippen molar-refractivity contribution in [2.24, 2.45) is 5.92 Å². The quantitative estimate of drug-likeness (QED) is 0.0187. The molecule has 3 N–H and O–H groups in total. The molecule has 2 atom stereocenters. The van der Waals surface area contributed by atoms with Gasteiger partial charge in [0, 0.05) is 12.8 Å². The lowest BCUT2D eigenvalue weighted by atomic mass is 10.0. The number of esters is 2. The first-order valence-corrected chi connectivity index (χ1v) is 22.1. The fourth-order valence-electron chi connectivity index (χ4n) is 5.53. The fraction of sp³-hybridized carbons (Fsp3) is 0.721. The summed E-state index contributed by atoms with van der Waals surface area (Å²) in [5, 5.41) is 10.2. The number of carbonyl (C=O) groups excluding carboxylic acids is 2. The van der Waals surface area contributed by atoms with Crippen LogP contribution in [0.5, 0.6) is 0 Å². The van der Waals surface area contributed by atoms with E-state index < -0.39 is 38.6 Å². The normalized spacial score (nSPS) is 13.8. The lowest BCUT2D eigenvalue weighted by Crippen LogP contribution is -2.29. The monoisotopic (exact) mass is 767 g/mol. The van der Waals surface area contributed by atoms with Crippen LogP contribution in [0.2, 0.25) is 0 Å². The van der Waals surface area contributed by atoms with Gasteiger partial charge in [0.2, 0.25) is 0 Å². The van der Waals surface area contributed by atoms with Crippen LogP contribution in [0.1, 0.15) is 168 Å². The molecule has 306 valence electrons. The highest BCUT2D eigenvalue weighted by atomic mass is 31.2. The molecule has 1 unspecified atom stereocenters. The highest BCUT2D eigenvalue weighted by molar-refractivity contribution is 7.46. The van der Waals surface area contributed by atoms with Crippen molar-refractivity contribution < 1.29 is 43.0 Å². The predicted molar refractivity (Wildman–Crippen MR) is 217 cm³/mol. The highest BCUT2D eigenvalue weighted by Crippen LogP contribution is 2.36. The summed E-state index contributed by atoms with van der Waals surface area (Å²) in [6, 6.07) is 0. The average Bonchev–Trinajstić information content (AvgIpc) is 3.10. The van der Waals surface area contributed by atoms with Crippen molar-refractivity contribution in [3.05, 3.63) is 60.8 Å². The molecule has 10 heteroatoms. The molecule has 0 radical (unpaired) electrons. The second-order valence-electron chi connectivity index (χ2n) is 14.3. The maximum Gasteiger partial charge on any atom is 0.469 e. The molecule has 0 aliphatic rings. The van der Waals surface area contributed by atoms with Gasteiger partial charge >= 0.3 is 19.8 Å². The predicted octanol–water partition coefficient (Wildman–Crippen LogP) is 11.3. The molecule has 0 aromatic rings. The summed E-state index contributed by atoms with van der Waals surface area (Å²) >= 11 is 0. The van der Waals surface area contributed by atoms with Crippen LogP contribution < -0.4 is 0 Å².